The third-order valence-electron chi connectivity index (χ3n) is 4.62. The topological polar surface area (TPSA) is 115 Å². The van der Waals surface area contributed by atoms with Gasteiger partial charge in [-0.25, -0.2) is 9.78 Å². The molecule has 1 aliphatic rings. The number of anilines is 1. The van der Waals surface area contributed by atoms with E-state index in [0.29, 0.717) is 17.5 Å². The second-order valence-electron chi connectivity index (χ2n) is 6.80. The molecule has 4 aromatic rings. The van der Waals surface area contributed by atoms with Crippen molar-refractivity contribution in [3.63, 3.8) is 0 Å². The van der Waals surface area contributed by atoms with Gasteiger partial charge in [0.2, 0.25) is 5.82 Å². The summed E-state index contributed by atoms with van der Waals surface area (Å²) in [6, 6.07) is 9.00. The van der Waals surface area contributed by atoms with E-state index in [2.05, 4.69) is 29.5 Å². The van der Waals surface area contributed by atoms with Crippen molar-refractivity contribution in [1.82, 2.24) is 19.7 Å². The summed E-state index contributed by atoms with van der Waals surface area (Å²) in [7, 11) is 0. The zero-order valence-electron chi connectivity index (χ0n) is 15.2. The fourth-order valence-electron chi connectivity index (χ4n) is 3.08. The van der Waals surface area contributed by atoms with Gasteiger partial charge in [-0.15, -0.1) is 0 Å². The number of carbonyl (C=O) groups is 1. The number of H-pyrrole nitrogens is 1. The summed E-state index contributed by atoms with van der Waals surface area (Å²) < 4.78 is 12.4. The number of hydrogen-bond donors (Lipinski definition) is 2. The van der Waals surface area contributed by atoms with Crippen LogP contribution < -0.4 is 15.8 Å². The molecule has 1 fully saturated rings. The van der Waals surface area contributed by atoms with Gasteiger partial charge in [-0.05, 0) is 42.3 Å². The van der Waals surface area contributed by atoms with Gasteiger partial charge in [0.25, 0.3) is 5.91 Å². The molecule has 2 heterocycles. The second kappa shape index (κ2) is 7.19. The standard InChI is InChI=1S/C19H13Cl2N5O4/c20-12-5-9(23-18(27)17-24-19(28)30-25-17)6-13(21)16(12)29-11-3-4-14-15(7-11)26(8-22-14)10-1-2-10/h3-8,10H,1-2H2,(H,23,27)(H,24,25,28). The highest BCUT2D eigenvalue weighted by Gasteiger charge is 2.25. The van der Waals surface area contributed by atoms with Crippen LogP contribution in [0.25, 0.3) is 11.0 Å². The van der Waals surface area contributed by atoms with Crippen LogP contribution in [0, 0.1) is 0 Å². The number of nitrogens with one attached hydrogen (secondary N) is 2. The average molecular weight is 446 g/mol. The Morgan fingerprint density at radius 3 is 2.67 bits per heavy atom. The highest BCUT2D eigenvalue weighted by atomic mass is 35.5. The van der Waals surface area contributed by atoms with E-state index in [1.165, 1.54) is 12.1 Å². The number of nitrogens with zero attached hydrogens (tertiary/aromatic N) is 3. The number of rotatable bonds is 5. The first-order chi connectivity index (χ1) is 14.5. The molecule has 30 heavy (non-hydrogen) atoms. The Morgan fingerprint density at radius 2 is 2.00 bits per heavy atom. The van der Waals surface area contributed by atoms with Crippen LogP contribution in [0.3, 0.4) is 0 Å². The van der Waals surface area contributed by atoms with Gasteiger partial charge in [-0.3, -0.25) is 14.3 Å². The maximum Gasteiger partial charge on any atom is 0.439 e. The molecule has 1 saturated carbocycles. The van der Waals surface area contributed by atoms with E-state index in [9.17, 15) is 9.59 Å². The largest absolute Gasteiger partial charge is 0.454 e. The Balaban J connectivity index is 1.40. The summed E-state index contributed by atoms with van der Waals surface area (Å²) >= 11 is 12.7. The Labute approximate surface area is 178 Å². The van der Waals surface area contributed by atoms with E-state index in [-0.39, 0.29) is 21.6 Å². The van der Waals surface area contributed by atoms with E-state index in [4.69, 9.17) is 27.9 Å². The van der Waals surface area contributed by atoms with Crippen molar-refractivity contribution in [1.29, 1.82) is 0 Å². The van der Waals surface area contributed by atoms with Crippen LogP contribution in [-0.4, -0.2) is 25.6 Å². The SMILES string of the molecule is O=C(Nc1cc(Cl)c(Oc2ccc3ncn(C4CC4)c3c2)c(Cl)c1)c1noc(=O)[nH]1. The minimum absolute atomic E-state index is 0.197. The predicted octanol–water partition coefficient (Wildman–Crippen LogP) is 4.40. The van der Waals surface area contributed by atoms with Crippen LogP contribution in [0.4, 0.5) is 5.69 Å². The number of carbonyl (C=O) groups excluding carboxylic acids is 1. The number of ether oxygens (including phenoxy) is 1. The molecule has 2 aromatic heterocycles. The lowest BCUT2D eigenvalue weighted by atomic mass is 10.2. The molecule has 2 N–H and O–H groups in total. The Morgan fingerprint density at radius 1 is 1.23 bits per heavy atom. The average Bonchev–Trinajstić information content (AvgIpc) is 3.31. The van der Waals surface area contributed by atoms with Gasteiger partial charge < -0.3 is 14.6 Å². The molecule has 0 saturated heterocycles. The van der Waals surface area contributed by atoms with Gasteiger partial charge in [0.1, 0.15) is 5.75 Å². The molecule has 5 rings (SSSR count). The van der Waals surface area contributed by atoms with Crippen molar-refractivity contribution in [3.05, 3.63) is 63.1 Å². The summed E-state index contributed by atoms with van der Waals surface area (Å²) in [5, 5.41) is 6.24. The van der Waals surface area contributed by atoms with E-state index >= 15 is 0 Å². The first kappa shape index (κ1) is 18.7. The number of halogens is 2. The molecule has 0 aliphatic heterocycles. The fourth-order valence-corrected chi connectivity index (χ4v) is 3.64. The molecule has 0 radical (unpaired) electrons. The van der Waals surface area contributed by atoms with Crippen molar-refractivity contribution in [2.75, 3.05) is 5.32 Å². The third-order valence-corrected chi connectivity index (χ3v) is 5.18. The molecule has 2 aromatic carbocycles. The van der Waals surface area contributed by atoms with E-state index < -0.39 is 11.7 Å². The van der Waals surface area contributed by atoms with Gasteiger partial charge >= 0.3 is 5.76 Å². The molecule has 0 bridgehead atoms. The monoisotopic (exact) mass is 445 g/mol. The highest BCUT2D eigenvalue weighted by molar-refractivity contribution is 6.37. The van der Waals surface area contributed by atoms with Crippen molar-refractivity contribution >= 4 is 45.8 Å². The Hall–Kier alpha value is -3.30. The van der Waals surface area contributed by atoms with E-state index in [1.807, 2.05) is 18.5 Å². The Kier molecular flexibility index (Phi) is 4.48. The third kappa shape index (κ3) is 3.53. The van der Waals surface area contributed by atoms with Gasteiger partial charge in [-0.2, -0.15) is 0 Å². The van der Waals surface area contributed by atoms with E-state index in [1.54, 1.807) is 6.07 Å². The quantitative estimate of drug-likeness (QED) is 0.470. The molecule has 11 heteroatoms. The molecule has 0 atom stereocenters. The molecule has 9 nitrogen and oxygen atoms in total. The molecule has 0 spiro atoms. The second-order valence-corrected chi connectivity index (χ2v) is 7.62. The number of aromatic amines is 1. The maximum absolute atomic E-state index is 12.1. The summed E-state index contributed by atoms with van der Waals surface area (Å²) in [4.78, 5) is 29.6. The molecular weight excluding hydrogens is 433 g/mol. The smallest absolute Gasteiger partial charge is 0.439 e. The predicted molar refractivity (Wildman–Crippen MR) is 110 cm³/mol. The summed E-state index contributed by atoms with van der Waals surface area (Å²) in [5.41, 5.74) is 2.16. The van der Waals surface area contributed by atoms with Crippen molar-refractivity contribution in [3.8, 4) is 11.5 Å². The van der Waals surface area contributed by atoms with Crippen LogP contribution in [-0.2, 0) is 0 Å². The minimum Gasteiger partial charge on any atom is -0.454 e. The molecule has 1 aliphatic carbocycles. The van der Waals surface area contributed by atoms with Gasteiger partial charge in [0.15, 0.2) is 5.75 Å². The number of aromatic nitrogens is 4. The van der Waals surface area contributed by atoms with Gasteiger partial charge in [-0.1, -0.05) is 23.2 Å². The van der Waals surface area contributed by atoms with Crippen LogP contribution in [0.2, 0.25) is 10.0 Å². The van der Waals surface area contributed by atoms with Crippen LogP contribution in [0.1, 0.15) is 29.5 Å². The number of hydrogen-bond acceptors (Lipinski definition) is 6. The summed E-state index contributed by atoms with van der Waals surface area (Å²) in [6.07, 6.45) is 4.12. The molecule has 1 amide bonds. The van der Waals surface area contributed by atoms with Crippen LogP contribution in [0.15, 0.2) is 46.0 Å². The summed E-state index contributed by atoms with van der Waals surface area (Å²) in [6.45, 7) is 0. The first-order valence-electron chi connectivity index (χ1n) is 8.99. The van der Waals surface area contributed by atoms with Crippen LogP contribution in [0.5, 0.6) is 11.5 Å². The lowest BCUT2D eigenvalue weighted by Gasteiger charge is -2.12. The van der Waals surface area contributed by atoms with Crippen molar-refractivity contribution in [2.45, 2.75) is 18.9 Å². The number of imidazole rings is 1. The Bertz CT molecular complexity index is 1320. The number of benzene rings is 2. The maximum atomic E-state index is 12.1. The molecular formula is C19H13Cl2N5O4. The zero-order chi connectivity index (χ0) is 20.8. The normalized spacial score (nSPS) is 13.5. The minimum atomic E-state index is -0.833. The lowest BCUT2D eigenvalue weighted by Crippen LogP contribution is -2.14. The number of fused-ring (bicyclic) bond motifs is 1. The number of amides is 1. The zero-order valence-corrected chi connectivity index (χ0v) is 16.7. The van der Waals surface area contributed by atoms with Crippen molar-refractivity contribution < 1.29 is 14.1 Å². The molecule has 152 valence electrons. The molecule has 0 unspecified atom stereocenters. The van der Waals surface area contributed by atoms with Crippen molar-refractivity contribution in [2.24, 2.45) is 0 Å². The van der Waals surface area contributed by atoms with Crippen LogP contribution >= 0.6 is 23.2 Å². The van der Waals surface area contributed by atoms with Gasteiger partial charge in [0, 0.05) is 17.8 Å². The highest BCUT2D eigenvalue weighted by Crippen LogP contribution is 2.41. The van der Waals surface area contributed by atoms with E-state index in [0.717, 1.165) is 23.9 Å². The lowest BCUT2D eigenvalue weighted by molar-refractivity contribution is 0.101. The summed E-state index contributed by atoms with van der Waals surface area (Å²) in [5.74, 6) is -0.970. The van der Waals surface area contributed by atoms with Gasteiger partial charge in [0.05, 0.1) is 27.4 Å². The first-order valence-corrected chi connectivity index (χ1v) is 9.74. The fraction of sp³-hybridized carbons (Fsp3) is 0.158.